The van der Waals surface area contributed by atoms with Crippen LogP contribution in [0.25, 0.3) is 0 Å². The summed E-state index contributed by atoms with van der Waals surface area (Å²) in [4.78, 5) is 18.8. The van der Waals surface area contributed by atoms with Crippen molar-refractivity contribution in [2.45, 2.75) is 38.3 Å². The van der Waals surface area contributed by atoms with Crippen LogP contribution in [0, 0.1) is 5.41 Å². The predicted molar refractivity (Wildman–Crippen MR) is 92.4 cm³/mol. The van der Waals surface area contributed by atoms with Crippen LogP contribution < -0.4 is 0 Å². The molecule has 7 heteroatoms. The van der Waals surface area contributed by atoms with Crippen LogP contribution in [0.3, 0.4) is 0 Å². The molecule has 4 rings (SSSR count). The molecule has 1 aliphatic carbocycles. The van der Waals surface area contributed by atoms with E-state index in [1.165, 1.54) is 32.4 Å². The molecule has 0 bridgehead atoms. The second kappa shape index (κ2) is 7.39. The Balaban J connectivity index is 1.15. The first-order valence-electron chi connectivity index (χ1n) is 9.75. The number of hydrogen-bond acceptors (Lipinski definition) is 6. The van der Waals surface area contributed by atoms with Crippen molar-refractivity contribution in [1.29, 1.82) is 0 Å². The molecule has 0 N–H and O–H groups in total. The zero-order chi connectivity index (χ0) is 17.3. The van der Waals surface area contributed by atoms with Gasteiger partial charge in [-0.25, -0.2) is 4.79 Å². The lowest BCUT2D eigenvalue weighted by atomic mass is 9.78. The summed E-state index contributed by atoms with van der Waals surface area (Å²) >= 11 is 0. The molecule has 1 atom stereocenters. The lowest BCUT2D eigenvalue weighted by Gasteiger charge is -2.49. The van der Waals surface area contributed by atoms with E-state index in [2.05, 4.69) is 9.80 Å². The molecule has 3 heterocycles. The third-order valence-corrected chi connectivity index (χ3v) is 6.20. The smallest absolute Gasteiger partial charge is 0.410 e. The fourth-order valence-corrected chi connectivity index (χ4v) is 4.80. The Morgan fingerprint density at radius 1 is 1.24 bits per heavy atom. The topological polar surface area (TPSA) is 54.5 Å². The van der Waals surface area contributed by atoms with E-state index in [9.17, 15) is 4.79 Å². The van der Waals surface area contributed by atoms with Crippen LogP contribution in [0.5, 0.6) is 0 Å². The number of carbonyl (C=O) groups excluding carboxylic acids is 1. The summed E-state index contributed by atoms with van der Waals surface area (Å²) in [7, 11) is 0. The fourth-order valence-electron chi connectivity index (χ4n) is 4.80. The number of hydrogen-bond donors (Lipinski definition) is 0. The summed E-state index contributed by atoms with van der Waals surface area (Å²) in [6.07, 6.45) is 3.81. The summed E-state index contributed by atoms with van der Waals surface area (Å²) in [5.41, 5.74) is 0.525. The Hall–Kier alpha value is -0.890. The maximum Gasteiger partial charge on any atom is 0.410 e. The molecule has 25 heavy (non-hydrogen) atoms. The van der Waals surface area contributed by atoms with E-state index in [1.54, 1.807) is 4.90 Å². The molecule has 1 saturated carbocycles. The van der Waals surface area contributed by atoms with Gasteiger partial charge in [0.15, 0.2) is 0 Å². The van der Waals surface area contributed by atoms with Crippen LogP contribution in [0.4, 0.5) is 4.79 Å². The molecule has 0 aromatic heterocycles. The average molecular weight is 353 g/mol. The number of morpholine rings is 1. The summed E-state index contributed by atoms with van der Waals surface area (Å²) in [6.45, 7) is 10.4. The average Bonchev–Trinajstić information content (AvgIpc) is 3.00. The zero-order valence-corrected chi connectivity index (χ0v) is 15.3. The molecular weight excluding hydrogens is 322 g/mol. The first-order valence-corrected chi connectivity index (χ1v) is 9.75. The standard InChI is InChI=1S/C18H31N3O4/c1-2-23-14-19-12-18(13-19)4-3-15(9-18)21-10-16(11-21)25-17(22)20-5-7-24-8-6-20/h15-16H,2-14H2,1H3. The van der Waals surface area contributed by atoms with Crippen LogP contribution >= 0.6 is 0 Å². The van der Waals surface area contributed by atoms with Gasteiger partial charge in [0, 0.05) is 51.9 Å². The molecule has 4 aliphatic rings. The lowest BCUT2D eigenvalue weighted by Crippen LogP contribution is -2.59. The van der Waals surface area contributed by atoms with E-state index in [0.29, 0.717) is 37.8 Å². The fraction of sp³-hybridized carbons (Fsp3) is 0.944. The first kappa shape index (κ1) is 17.5. The quantitative estimate of drug-likeness (QED) is 0.735. The van der Waals surface area contributed by atoms with Gasteiger partial charge in [-0.15, -0.1) is 0 Å². The van der Waals surface area contributed by atoms with Gasteiger partial charge in [0.2, 0.25) is 0 Å². The summed E-state index contributed by atoms with van der Waals surface area (Å²) in [5.74, 6) is 0. The number of likely N-dealkylation sites (tertiary alicyclic amines) is 2. The molecular formula is C18H31N3O4. The molecule has 4 fully saturated rings. The van der Waals surface area contributed by atoms with Gasteiger partial charge in [-0.2, -0.15) is 0 Å². The van der Waals surface area contributed by atoms with E-state index in [-0.39, 0.29) is 12.2 Å². The van der Waals surface area contributed by atoms with Crippen LogP contribution in [-0.4, -0.2) is 98.8 Å². The first-order chi connectivity index (χ1) is 12.2. The Kier molecular flexibility index (Phi) is 5.18. The lowest BCUT2D eigenvalue weighted by molar-refractivity contribution is -0.0838. The SMILES string of the molecule is CCOCN1CC2(CCC(N3CC(OC(=O)N4CCOCC4)C3)C2)C1. The Labute approximate surface area is 150 Å². The molecule has 1 unspecified atom stereocenters. The number of ether oxygens (including phenoxy) is 3. The number of nitrogens with zero attached hydrogens (tertiary/aromatic N) is 3. The van der Waals surface area contributed by atoms with Crippen molar-refractivity contribution in [2.24, 2.45) is 5.41 Å². The van der Waals surface area contributed by atoms with E-state index in [1.807, 2.05) is 6.92 Å². The highest BCUT2D eigenvalue weighted by Crippen LogP contribution is 2.47. The van der Waals surface area contributed by atoms with Crippen LogP contribution in [0.1, 0.15) is 26.2 Å². The largest absolute Gasteiger partial charge is 0.443 e. The van der Waals surface area contributed by atoms with Gasteiger partial charge in [-0.1, -0.05) is 0 Å². The zero-order valence-electron chi connectivity index (χ0n) is 15.3. The Morgan fingerprint density at radius 3 is 2.72 bits per heavy atom. The van der Waals surface area contributed by atoms with E-state index in [4.69, 9.17) is 14.2 Å². The van der Waals surface area contributed by atoms with Gasteiger partial charge in [0.05, 0.1) is 19.9 Å². The second-order valence-corrected chi connectivity index (χ2v) is 8.06. The van der Waals surface area contributed by atoms with Crippen molar-refractivity contribution in [3.05, 3.63) is 0 Å². The van der Waals surface area contributed by atoms with Gasteiger partial charge < -0.3 is 19.1 Å². The second-order valence-electron chi connectivity index (χ2n) is 8.06. The minimum absolute atomic E-state index is 0.0720. The molecule has 7 nitrogen and oxygen atoms in total. The molecule has 142 valence electrons. The third-order valence-electron chi connectivity index (χ3n) is 6.20. The van der Waals surface area contributed by atoms with Gasteiger partial charge in [0.25, 0.3) is 0 Å². The van der Waals surface area contributed by atoms with Crippen LogP contribution in [-0.2, 0) is 14.2 Å². The number of rotatable bonds is 5. The van der Waals surface area contributed by atoms with Crippen molar-refractivity contribution in [3.63, 3.8) is 0 Å². The maximum absolute atomic E-state index is 12.1. The molecule has 0 aromatic carbocycles. The van der Waals surface area contributed by atoms with Gasteiger partial charge in [-0.3, -0.25) is 9.80 Å². The highest BCUT2D eigenvalue weighted by molar-refractivity contribution is 5.68. The van der Waals surface area contributed by atoms with Crippen LogP contribution in [0.2, 0.25) is 0 Å². The summed E-state index contributed by atoms with van der Waals surface area (Å²) in [6, 6.07) is 0.674. The highest BCUT2D eigenvalue weighted by atomic mass is 16.6. The Bertz CT molecular complexity index is 471. The minimum atomic E-state index is -0.165. The molecule has 3 aliphatic heterocycles. The summed E-state index contributed by atoms with van der Waals surface area (Å²) in [5, 5.41) is 0. The van der Waals surface area contributed by atoms with Gasteiger partial charge >= 0.3 is 6.09 Å². The van der Waals surface area contributed by atoms with E-state index >= 15 is 0 Å². The number of carbonyl (C=O) groups is 1. The highest BCUT2D eigenvalue weighted by Gasteiger charge is 2.50. The minimum Gasteiger partial charge on any atom is -0.443 e. The van der Waals surface area contributed by atoms with Crippen molar-refractivity contribution in [3.8, 4) is 0 Å². The van der Waals surface area contributed by atoms with Gasteiger partial charge in [0.1, 0.15) is 6.10 Å². The van der Waals surface area contributed by atoms with Crippen molar-refractivity contribution in [1.82, 2.24) is 14.7 Å². The number of amides is 1. The molecule has 1 spiro atoms. The predicted octanol–water partition coefficient (Wildman–Crippen LogP) is 0.988. The van der Waals surface area contributed by atoms with E-state index in [0.717, 1.165) is 26.4 Å². The van der Waals surface area contributed by atoms with Crippen molar-refractivity contribution < 1.29 is 19.0 Å². The van der Waals surface area contributed by atoms with Crippen molar-refractivity contribution in [2.75, 3.05) is 65.8 Å². The summed E-state index contributed by atoms with van der Waals surface area (Å²) < 4.78 is 16.4. The van der Waals surface area contributed by atoms with Gasteiger partial charge in [-0.05, 0) is 31.6 Å². The monoisotopic (exact) mass is 353 g/mol. The maximum atomic E-state index is 12.1. The third kappa shape index (κ3) is 3.79. The molecule has 0 aromatic rings. The molecule has 0 radical (unpaired) electrons. The Morgan fingerprint density at radius 2 is 2.00 bits per heavy atom. The molecule has 1 amide bonds. The normalized spacial score (nSPS) is 30.3. The van der Waals surface area contributed by atoms with E-state index < -0.39 is 0 Å². The van der Waals surface area contributed by atoms with Crippen LogP contribution in [0.15, 0.2) is 0 Å². The molecule has 3 saturated heterocycles. The van der Waals surface area contributed by atoms with Crippen molar-refractivity contribution >= 4 is 6.09 Å².